The van der Waals surface area contributed by atoms with Crippen molar-refractivity contribution in [2.24, 2.45) is 11.7 Å². The molecule has 104 valence electrons. The quantitative estimate of drug-likeness (QED) is 0.859. The van der Waals surface area contributed by atoms with Crippen molar-refractivity contribution in [3.63, 3.8) is 0 Å². The average molecular weight is 264 g/mol. The Balaban J connectivity index is 1.93. The third-order valence-electron chi connectivity index (χ3n) is 4.06. The Labute approximate surface area is 113 Å². The van der Waals surface area contributed by atoms with E-state index in [1.807, 2.05) is 0 Å². The van der Waals surface area contributed by atoms with E-state index in [1.165, 1.54) is 31.7 Å². The fourth-order valence-electron chi connectivity index (χ4n) is 2.74. The molecule has 1 atom stereocenters. The fraction of sp³-hybridized carbons (Fsp3) is 0.533. The van der Waals surface area contributed by atoms with Gasteiger partial charge in [0.1, 0.15) is 5.82 Å². The number of hydrogen-bond acceptors (Lipinski definition) is 2. The lowest BCUT2D eigenvalue weighted by Gasteiger charge is -2.20. The number of halogens is 1. The molecule has 0 aliphatic heterocycles. The molecule has 1 aliphatic carbocycles. The molecule has 0 heterocycles. The van der Waals surface area contributed by atoms with Crippen LogP contribution in [0.5, 0.6) is 0 Å². The Kier molecular flexibility index (Phi) is 4.53. The Morgan fingerprint density at radius 3 is 2.74 bits per heavy atom. The molecule has 1 amide bonds. The number of benzene rings is 1. The molecule has 0 bridgehead atoms. The van der Waals surface area contributed by atoms with E-state index >= 15 is 0 Å². The second-order valence-corrected chi connectivity index (χ2v) is 5.38. The second kappa shape index (κ2) is 6.15. The number of nitrogens with two attached hydrogens (primary N) is 1. The summed E-state index contributed by atoms with van der Waals surface area (Å²) in [6.45, 7) is 2.65. The summed E-state index contributed by atoms with van der Waals surface area (Å²) in [6.07, 6.45) is 5.13. The molecule has 3 N–H and O–H groups in total. The lowest BCUT2D eigenvalue weighted by Crippen LogP contribution is -2.32. The highest BCUT2D eigenvalue weighted by Crippen LogP contribution is 2.27. The van der Waals surface area contributed by atoms with Crippen LogP contribution in [0.1, 0.15) is 48.5 Å². The van der Waals surface area contributed by atoms with E-state index in [-0.39, 0.29) is 11.4 Å². The molecule has 0 radical (unpaired) electrons. The first-order valence-electron chi connectivity index (χ1n) is 6.89. The molecule has 4 heteroatoms. The van der Waals surface area contributed by atoms with Crippen molar-refractivity contribution in [3.8, 4) is 0 Å². The van der Waals surface area contributed by atoms with Gasteiger partial charge in [0.2, 0.25) is 5.91 Å². The standard InChI is InChI=1S/C15H21FN2O/c1-10(11-4-2-3-5-11)18-9-13-7-6-12(15(17)19)8-14(13)16/h6-8,10-11,18H,2-5,9H2,1H3,(H2,17,19)/t10-/m1/s1. The zero-order chi connectivity index (χ0) is 13.8. The fourth-order valence-corrected chi connectivity index (χ4v) is 2.74. The highest BCUT2D eigenvalue weighted by molar-refractivity contribution is 5.92. The number of carbonyl (C=O) groups is 1. The molecule has 0 spiro atoms. The molecule has 1 aromatic carbocycles. The summed E-state index contributed by atoms with van der Waals surface area (Å²) < 4.78 is 13.8. The number of carbonyl (C=O) groups excluding carboxylic acids is 1. The van der Waals surface area contributed by atoms with Gasteiger partial charge in [-0.2, -0.15) is 0 Å². The van der Waals surface area contributed by atoms with Gasteiger partial charge >= 0.3 is 0 Å². The lowest BCUT2D eigenvalue weighted by molar-refractivity contribution is 0.1000. The number of rotatable bonds is 5. The van der Waals surface area contributed by atoms with Crippen LogP contribution in [0.25, 0.3) is 0 Å². The van der Waals surface area contributed by atoms with Crippen LogP contribution >= 0.6 is 0 Å². The van der Waals surface area contributed by atoms with Crippen molar-refractivity contribution in [1.82, 2.24) is 5.32 Å². The van der Waals surface area contributed by atoms with Gasteiger partial charge in [-0.25, -0.2) is 4.39 Å². The maximum atomic E-state index is 13.8. The van der Waals surface area contributed by atoms with E-state index in [4.69, 9.17) is 5.73 Å². The van der Waals surface area contributed by atoms with Gasteiger partial charge < -0.3 is 11.1 Å². The first-order chi connectivity index (χ1) is 9.08. The molecular weight excluding hydrogens is 243 g/mol. The normalized spacial score (nSPS) is 17.6. The maximum Gasteiger partial charge on any atom is 0.248 e. The highest BCUT2D eigenvalue weighted by Gasteiger charge is 2.21. The summed E-state index contributed by atoms with van der Waals surface area (Å²) in [4.78, 5) is 10.9. The number of hydrogen-bond donors (Lipinski definition) is 2. The van der Waals surface area contributed by atoms with E-state index in [1.54, 1.807) is 12.1 Å². The molecule has 19 heavy (non-hydrogen) atoms. The van der Waals surface area contributed by atoms with Crippen molar-refractivity contribution in [3.05, 3.63) is 35.1 Å². The van der Waals surface area contributed by atoms with Crippen molar-refractivity contribution >= 4 is 5.91 Å². The van der Waals surface area contributed by atoms with E-state index in [9.17, 15) is 9.18 Å². The number of amides is 1. The lowest BCUT2D eigenvalue weighted by atomic mass is 9.99. The van der Waals surface area contributed by atoms with E-state index < -0.39 is 5.91 Å². The van der Waals surface area contributed by atoms with Gasteiger partial charge in [0.05, 0.1) is 0 Å². The summed E-state index contributed by atoms with van der Waals surface area (Å²) in [6, 6.07) is 4.81. The van der Waals surface area contributed by atoms with E-state index in [0.717, 1.165) is 0 Å². The van der Waals surface area contributed by atoms with Crippen molar-refractivity contribution in [2.45, 2.75) is 45.2 Å². The van der Waals surface area contributed by atoms with E-state index in [0.29, 0.717) is 24.1 Å². The molecule has 1 aliphatic rings. The molecular formula is C15H21FN2O. The minimum absolute atomic E-state index is 0.213. The minimum Gasteiger partial charge on any atom is -0.366 e. The molecule has 2 rings (SSSR count). The van der Waals surface area contributed by atoms with Gasteiger partial charge in [0.15, 0.2) is 0 Å². The van der Waals surface area contributed by atoms with Crippen LogP contribution in [-0.4, -0.2) is 11.9 Å². The van der Waals surface area contributed by atoms with Crippen LogP contribution in [0.4, 0.5) is 4.39 Å². The van der Waals surface area contributed by atoms with Gasteiger partial charge in [-0.15, -0.1) is 0 Å². The Bertz CT molecular complexity index is 455. The van der Waals surface area contributed by atoms with Gasteiger partial charge in [0.25, 0.3) is 0 Å². The molecule has 1 fully saturated rings. The third kappa shape index (κ3) is 3.53. The second-order valence-electron chi connectivity index (χ2n) is 5.38. The van der Waals surface area contributed by atoms with Gasteiger partial charge in [-0.3, -0.25) is 4.79 Å². The van der Waals surface area contributed by atoms with Crippen LogP contribution in [0.2, 0.25) is 0 Å². The first kappa shape index (κ1) is 14.0. The summed E-state index contributed by atoms with van der Waals surface area (Å²) in [5, 5.41) is 3.37. The summed E-state index contributed by atoms with van der Waals surface area (Å²) in [7, 11) is 0. The van der Waals surface area contributed by atoms with Crippen LogP contribution < -0.4 is 11.1 Å². The monoisotopic (exact) mass is 264 g/mol. The topological polar surface area (TPSA) is 55.1 Å². The minimum atomic E-state index is -0.599. The van der Waals surface area contributed by atoms with Crippen molar-refractivity contribution < 1.29 is 9.18 Å². The molecule has 1 aromatic rings. The average Bonchev–Trinajstić information content (AvgIpc) is 2.90. The Morgan fingerprint density at radius 1 is 1.47 bits per heavy atom. The number of primary amides is 1. The Hall–Kier alpha value is -1.42. The maximum absolute atomic E-state index is 13.8. The largest absolute Gasteiger partial charge is 0.366 e. The predicted molar refractivity (Wildman–Crippen MR) is 73.2 cm³/mol. The smallest absolute Gasteiger partial charge is 0.248 e. The molecule has 1 saturated carbocycles. The summed E-state index contributed by atoms with van der Waals surface area (Å²) in [5.41, 5.74) is 5.91. The van der Waals surface area contributed by atoms with Crippen molar-refractivity contribution in [1.29, 1.82) is 0 Å². The molecule has 0 unspecified atom stereocenters. The zero-order valence-electron chi connectivity index (χ0n) is 11.3. The van der Waals surface area contributed by atoms with Gasteiger partial charge in [0, 0.05) is 23.7 Å². The number of nitrogens with one attached hydrogen (secondary N) is 1. The molecule has 3 nitrogen and oxygen atoms in total. The highest BCUT2D eigenvalue weighted by atomic mass is 19.1. The first-order valence-corrected chi connectivity index (χ1v) is 6.89. The van der Waals surface area contributed by atoms with Crippen LogP contribution in [-0.2, 0) is 6.54 Å². The van der Waals surface area contributed by atoms with E-state index in [2.05, 4.69) is 12.2 Å². The third-order valence-corrected chi connectivity index (χ3v) is 4.06. The zero-order valence-corrected chi connectivity index (χ0v) is 11.3. The van der Waals surface area contributed by atoms with Crippen LogP contribution in [0, 0.1) is 11.7 Å². The molecule has 0 saturated heterocycles. The van der Waals surface area contributed by atoms with Gasteiger partial charge in [-0.05, 0) is 37.8 Å². The van der Waals surface area contributed by atoms with Crippen LogP contribution in [0.3, 0.4) is 0 Å². The Morgan fingerprint density at radius 2 is 2.16 bits per heavy atom. The molecule has 0 aromatic heterocycles. The van der Waals surface area contributed by atoms with Crippen LogP contribution in [0.15, 0.2) is 18.2 Å². The van der Waals surface area contributed by atoms with Gasteiger partial charge in [-0.1, -0.05) is 18.9 Å². The van der Waals surface area contributed by atoms with Crippen molar-refractivity contribution in [2.75, 3.05) is 0 Å². The summed E-state index contributed by atoms with van der Waals surface area (Å²) in [5.74, 6) is -0.270. The SMILES string of the molecule is C[C@@H](NCc1ccc(C(N)=O)cc1F)C1CCCC1. The summed E-state index contributed by atoms with van der Waals surface area (Å²) >= 11 is 0. The predicted octanol–water partition coefficient (Wildman–Crippen LogP) is 2.59.